The number of hydrazone groups is 1. The summed E-state index contributed by atoms with van der Waals surface area (Å²) in [5.74, 6) is 0.125. The molecule has 0 unspecified atom stereocenters. The van der Waals surface area contributed by atoms with E-state index in [4.69, 9.17) is 0 Å². The molecule has 1 N–H and O–H groups in total. The lowest BCUT2D eigenvalue weighted by Crippen LogP contribution is -2.23. The van der Waals surface area contributed by atoms with E-state index in [0.717, 1.165) is 0 Å². The minimum Gasteiger partial charge on any atom is -0.317 e. The highest BCUT2D eigenvalue weighted by atomic mass is 16.6. The zero-order valence-corrected chi connectivity index (χ0v) is 11.6. The summed E-state index contributed by atoms with van der Waals surface area (Å²) in [7, 11) is 1.68. The smallest absolute Gasteiger partial charge is 0.276 e. The molecule has 0 saturated heterocycles. The van der Waals surface area contributed by atoms with E-state index >= 15 is 0 Å². The highest BCUT2D eigenvalue weighted by Gasteiger charge is 2.23. The van der Waals surface area contributed by atoms with Crippen molar-refractivity contribution in [1.82, 2.24) is 4.98 Å². The average molecular weight is 297 g/mol. The summed E-state index contributed by atoms with van der Waals surface area (Å²) in [5, 5.41) is 19.2. The fourth-order valence-corrected chi connectivity index (χ4v) is 2.11. The first kappa shape index (κ1) is 13.7. The molecular weight excluding hydrogens is 286 g/mol. The SMILES string of the molecule is CN1N=C(c2ccc([N+](=O)[O-])cc2)C(=O)Nc2cccnc21. The summed E-state index contributed by atoms with van der Waals surface area (Å²) in [6, 6.07) is 9.10. The molecule has 110 valence electrons. The Morgan fingerprint density at radius 3 is 2.64 bits per heavy atom. The van der Waals surface area contributed by atoms with Crippen LogP contribution in [0.2, 0.25) is 0 Å². The van der Waals surface area contributed by atoms with Crippen molar-refractivity contribution in [2.75, 3.05) is 17.4 Å². The number of anilines is 2. The molecule has 3 rings (SSSR count). The lowest BCUT2D eigenvalue weighted by atomic mass is 10.1. The van der Waals surface area contributed by atoms with Gasteiger partial charge in [0, 0.05) is 30.9 Å². The number of carbonyl (C=O) groups excluding carboxylic acids is 1. The number of hydrogen-bond acceptors (Lipinski definition) is 6. The lowest BCUT2D eigenvalue weighted by molar-refractivity contribution is -0.384. The van der Waals surface area contributed by atoms with Gasteiger partial charge in [0.2, 0.25) is 0 Å². The van der Waals surface area contributed by atoms with Crippen molar-refractivity contribution >= 4 is 28.8 Å². The normalized spacial score (nSPS) is 13.8. The number of nitrogens with one attached hydrogen (secondary N) is 1. The molecule has 0 fully saturated rings. The van der Waals surface area contributed by atoms with E-state index in [1.807, 2.05) is 0 Å². The van der Waals surface area contributed by atoms with Crippen molar-refractivity contribution < 1.29 is 9.72 Å². The standard InChI is InChI=1S/C14H11N5O3/c1-18-13-11(3-2-8-15-13)16-14(20)12(17-18)9-4-6-10(7-5-9)19(21)22/h2-8H,1H3,(H,16,20). The highest BCUT2D eigenvalue weighted by Crippen LogP contribution is 2.25. The van der Waals surface area contributed by atoms with E-state index in [1.165, 1.54) is 29.3 Å². The van der Waals surface area contributed by atoms with Gasteiger partial charge in [-0.25, -0.2) is 9.99 Å². The Kier molecular flexibility index (Phi) is 3.26. The van der Waals surface area contributed by atoms with Gasteiger partial charge in [0.15, 0.2) is 11.5 Å². The van der Waals surface area contributed by atoms with Gasteiger partial charge in [-0.3, -0.25) is 14.9 Å². The number of carbonyl (C=O) groups is 1. The third-order valence-corrected chi connectivity index (χ3v) is 3.16. The van der Waals surface area contributed by atoms with E-state index < -0.39 is 10.8 Å². The van der Waals surface area contributed by atoms with Gasteiger partial charge in [-0.05, 0) is 24.3 Å². The first-order valence-electron chi connectivity index (χ1n) is 6.40. The number of non-ortho nitro benzene ring substituents is 1. The zero-order chi connectivity index (χ0) is 15.7. The molecule has 0 saturated carbocycles. The fraction of sp³-hybridized carbons (Fsp3) is 0.0714. The van der Waals surface area contributed by atoms with E-state index in [0.29, 0.717) is 17.1 Å². The molecule has 8 nitrogen and oxygen atoms in total. The van der Waals surface area contributed by atoms with Gasteiger partial charge < -0.3 is 5.32 Å². The minimum absolute atomic E-state index is 0.0447. The maximum Gasteiger partial charge on any atom is 0.276 e. The molecule has 2 aromatic rings. The monoisotopic (exact) mass is 297 g/mol. The Morgan fingerprint density at radius 1 is 1.23 bits per heavy atom. The first-order chi connectivity index (χ1) is 10.6. The van der Waals surface area contributed by atoms with Crippen LogP contribution in [0.5, 0.6) is 0 Å². The highest BCUT2D eigenvalue weighted by molar-refractivity contribution is 6.49. The number of rotatable bonds is 2. The van der Waals surface area contributed by atoms with Crippen molar-refractivity contribution in [3.8, 4) is 0 Å². The molecule has 1 amide bonds. The van der Waals surface area contributed by atoms with Gasteiger partial charge in [0.05, 0.1) is 10.6 Å². The number of hydrogen-bond donors (Lipinski definition) is 1. The number of nitrogens with zero attached hydrogens (tertiary/aromatic N) is 4. The van der Waals surface area contributed by atoms with Crippen LogP contribution in [-0.4, -0.2) is 28.6 Å². The second-order valence-electron chi connectivity index (χ2n) is 4.60. The summed E-state index contributed by atoms with van der Waals surface area (Å²) in [6.07, 6.45) is 1.61. The van der Waals surface area contributed by atoms with Gasteiger partial charge in [-0.1, -0.05) is 0 Å². The van der Waals surface area contributed by atoms with Crippen molar-refractivity contribution in [1.29, 1.82) is 0 Å². The fourth-order valence-electron chi connectivity index (χ4n) is 2.11. The minimum atomic E-state index is -0.495. The predicted molar refractivity (Wildman–Crippen MR) is 80.9 cm³/mol. The van der Waals surface area contributed by atoms with Crippen LogP contribution in [0.4, 0.5) is 17.2 Å². The predicted octanol–water partition coefficient (Wildman–Crippen LogP) is 1.78. The second kappa shape index (κ2) is 5.24. The third kappa shape index (κ3) is 2.37. The van der Waals surface area contributed by atoms with Gasteiger partial charge in [0.25, 0.3) is 11.6 Å². The molecule has 0 aliphatic carbocycles. The Bertz CT molecular complexity index is 785. The third-order valence-electron chi connectivity index (χ3n) is 3.16. The molecule has 0 bridgehead atoms. The second-order valence-corrected chi connectivity index (χ2v) is 4.60. The Morgan fingerprint density at radius 2 is 1.95 bits per heavy atom. The molecular formula is C14H11N5O3. The van der Waals surface area contributed by atoms with Crippen LogP contribution in [0.25, 0.3) is 0 Å². The van der Waals surface area contributed by atoms with Crippen LogP contribution < -0.4 is 10.3 Å². The molecule has 8 heteroatoms. The largest absolute Gasteiger partial charge is 0.317 e. The van der Waals surface area contributed by atoms with Crippen molar-refractivity contribution in [3.05, 3.63) is 58.3 Å². The number of fused-ring (bicyclic) bond motifs is 1. The topological polar surface area (TPSA) is 101 Å². The zero-order valence-electron chi connectivity index (χ0n) is 11.6. The molecule has 0 atom stereocenters. The van der Waals surface area contributed by atoms with Crippen LogP contribution >= 0.6 is 0 Å². The van der Waals surface area contributed by atoms with Gasteiger partial charge >= 0.3 is 0 Å². The molecule has 0 spiro atoms. The van der Waals surface area contributed by atoms with Crippen LogP contribution in [0, 0.1) is 10.1 Å². The number of amides is 1. The van der Waals surface area contributed by atoms with E-state index in [1.54, 1.807) is 25.4 Å². The molecule has 2 heterocycles. The van der Waals surface area contributed by atoms with Crippen LogP contribution in [0.15, 0.2) is 47.7 Å². The number of aromatic nitrogens is 1. The Balaban J connectivity index is 2.01. The number of benzene rings is 1. The Labute approximate surface area is 125 Å². The summed E-state index contributed by atoms with van der Waals surface area (Å²) >= 11 is 0. The molecule has 0 radical (unpaired) electrons. The van der Waals surface area contributed by atoms with Gasteiger partial charge in [0.1, 0.15) is 0 Å². The average Bonchev–Trinajstić information content (AvgIpc) is 2.64. The molecule has 1 aliphatic rings. The molecule has 22 heavy (non-hydrogen) atoms. The van der Waals surface area contributed by atoms with Gasteiger partial charge in [-0.2, -0.15) is 5.10 Å². The van der Waals surface area contributed by atoms with Crippen molar-refractivity contribution in [3.63, 3.8) is 0 Å². The maximum atomic E-state index is 12.3. The summed E-state index contributed by atoms with van der Waals surface area (Å²) in [4.78, 5) is 26.7. The van der Waals surface area contributed by atoms with Crippen molar-refractivity contribution in [2.24, 2.45) is 5.10 Å². The quantitative estimate of drug-likeness (QED) is 0.672. The van der Waals surface area contributed by atoms with E-state index in [2.05, 4.69) is 15.4 Å². The number of nitro benzene ring substituents is 1. The van der Waals surface area contributed by atoms with Crippen LogP contribution in [0.3, 0.4) is 0 Å². The van der Waals surface area contributed by atoms with E-state index in [-0.39, 0.29) is 11.4 Å². The molecule has 1 aromatic carbocycles. The van der Waals surface area contributed by atoms with Gasteiger partial charge in [-0.15, -0.1) is 0 Å². The Hall–Kier alpha value is -3.29. The van der Waals surface area contributed by atoms with E-state index in [9.17, 15) is 14.9 Å². The molecule has 1 aliphatic heterocycles. The van der Waals surface area contributed by atoms with Crippen LogP contribution in [-0.2, 0) is 4.79 Å². The number of pyridine rings is 1. The maximum absolute atomic E-state index is 12.3. The summed E-state index contributed by atoms with van der Waals surface area (Å²) in [6.45, 7) is 0. The summed E-state index contributed by atoms with van der Waals surface area (Å²) < 4.78 is 0. The lowest BCUT2D eigenvalue weighted by Gasteiger charge is -2.12. The van der Waals surface area contributed by atoms with Crippen molar-refractivity contribution in [2.45, 2.75) is 0 Å². The number of nitro groups is 1. The van der Waals surface area contributed by atoms with Crippen LogP contribution in [0.1, 0.15) is 5.56 Å². The summed E-state index contributed by atoms with van der Waals surface area (Å²) in [5.41, 5.74) is 1.16. The molecule has 1 aromatic heterocycles. The first-order valence-corrected chi connectivity index (χ1v) is 6.40.